The largest absolute Gasteiger partial charge is 0.497 e. The van der Waals surface area contributed by atoms with Crippen LogP contribution < -0.4 is 10.1 Å². The SMILES string of the molecule is COc1ccc(CN2C(=O)c3ccccc3CC2(C)C(=O)NC2CCCCCCC2)cc1. The fraction of sp³-hybridized carbons (Fsp3) is 0.481. The summed E-state index contributed by atoms with van der Waals surface area (Å²) in [4.78, 5) is 29.1. The number of rotatable bonds is 5. The number of fused-ring (bicyclic) bond motifs is 1. The Kier molecular flexibility index (Phi) is 6.83. The van der Waals surface area contributed by atoms with Gasteiger partial charge in [0.15, 0.2) is 0 Å². The Morgan fingerprint density at radius 3 is 2.38 bits per heavy atom. The Morgan fingerprint density at radius 1 is 1.03 bits per heavy atom. The molecule has 0 bridgehead atoms. The molecule has 1 heterocycles. The zero-order valence-electron chi connectivity index (χ0n) is 19.2. The Bertz CT molecular complexity index is 948. The van der Waals surface area contributed by atoms with Gasteiger partial charge in [-0.3, -0.25) is 9.59 Å². The molecular formula is C27H34N2O3. The lowest BCUT2D eigenvalue weighted by Gasteiger charge is -2.44. The molecule has 32 heavy (non-hydrogen) atoms. The average molecular weight is 435 g/mol. The average Bonchev–Trinajstić information content (AvgIpc) is 2.78. The first-order chi connectivity index (χ1) is 15.5. The van der Waals surface area contributed by atoms with E-state index in [0.717, 1.165) is 42.6 Å². The highest BCUT2D eigenvalue weighted by Gasteiger charge is 2.47. The molecule has 1 N–H and O–H groups in total. The van der Waals surface area contributed by atoms with E-state index < -0.39 is 5.54 Å². The van der Waals surface area contributed by atoms with Crippen LogP contribution in [0.15, 0.2) is 48.5 Å². The summed E-state index contributed by atoms with van der Waals surface area (Å²) in [7, 11) is 1.64. The van der Waals surface area contributed by atoms with Crippen molar-refractivity contribution in [2.45, 2.75) is 76.4 Å². The van der Waals surface area contributed by atoms with Crippen molar-refractivity contribution in [3.05, 3.63) is 65.2 Å². The number of carbonyl (C=O) groups excluding carboxylic acids is 2. The molecule has 2 aromatic carbocycles. The summed E-state index contributed by atoms with van der Waals surface area (Å²) in [5.41, 5.74) is 1.67. The van der Waals surface area contributed by atoms with Crippen molar-refractivity contribution in [3.8, 4) is 5.75 Å². The Morgan fingerprint density at radius 2 is 1.69 bits per heavy atom. The van der Waals surface area contributed by atoms with Gasteiger partial charge in [0.25, 0.3) is 5.91 Å². The molecule has 1 unspecified atom stereocenters. The Hall–Kier alpha value is -2.82. The van der Waals surface area contributed by atoms with Gasteiger partial charge in [0.1, 0.15) is 11.3 Å². The first-order valence-electron chi connectivity index (χ1n) is 11.8. The lowest BCUT2D eigenvalue weighted by molar-refractivity contribution is -0.132. The van der Waals surface area contributed by atoms with Gasteiger partial charge in [-0.25, -0.2) is 0 Å². The molecule has 1 atom stereocenters. The first-order valence-corrected chi connectivity index (χ1v) is 11.8. The van der Waals surface area contributed by atoms with E-state index in [1.165, 1.54) is 19.3 Å². The smallest absolute Gasteiger partial charge is 0.255 e. The molecule has 1 fully saturated rings. The molecular weight excluding hydrogens is 400 g/mol. The summed E-state index contributed by atoms with van der Waals surface area (Å²) in [6.07, 6.45) is 8.62. The highest BCUT2D eigenvalue weighted by atomic mass is 16.5. The number of nitrogens with one attached hydrogen (secondary N) is 1. The van der Waals surface area contributed by atoms with Gasteiger partial charge in [0.05, 0.1) is 7.11 Å². The van der Waals surface area contributed by atoms with Crippen molar-refractivity contribution in [3.63, 3.8) is 0 Å². The van der Waals surface area contributed by atoms with Crippen molar-refractivity contribution in [2.75, 3.05) is 7.11 Å². The predicted molar refractivity (Wildman–Crippen MR) is 126 cm³/mol. The monoisotopic (exact) mass is 434 g/mol. The molecule has 1 saturated carbocycles. The molecule has 5 heteroatoms. The van der Waals surface area contributed by atoms with Gasteiger partial charge in [0, 0.05) is 24.6 Å². The number of hydrogen-bond acceptors (Lipinski definition) is 3. The highest BCUT2D eigenvalue weighted by molar-refractivity contribution is 6.02. The van der Waals surface area contributed by atoms with Crippen molar-refractivity contribution >= 4 is 11.8 Å². The van der Waals surface area contributed by atoms with E-state index in [1.54, 1.807) is 12.0 Å². The van der Waals surface area contributed by atoms with Crippen LogP contribution in [-0.2, 0) is 17.8 Å². The van der Waals surface area contributed by atoms with Gasteiger partial charge in [-0.05, 0) is 49.1 Å². The summed E-state index contributed by atoms with van der Waals surface area (Å²) in [6, 6.07) is 15.6. The van der Waals surface area contributed by atoms with Crippen molar-refractivity contribution < 1.29 is 14.3 Å². The molecule has 5 nitrogen and oxygen atoms in total. The van der Waals surface area contributed by atoms with E-state index in [1.807, 2.05) is 55.5 Å². The highest BCUT2D eigenvalue weighted by Crippen LogP contribution is 2.33. The van der Waals surface area contributed by atoms with E-state index in [0.29, 0.717) is 18.5 Å². The van der Waals surface area contributed by atoms with Gasteiger partial charge in [-0.15, -0.1) is 0 Å². The maximum absolute atomic E-state index is 13.7. The zero-order chi connectivity index (χ0) is 22.6. The molecule has 2 aromatic rings. The molecule has 0 aromatic heterocycles. The van der Waals surface area contributed by atoms with Crippen LogP contribution in [0.3, 0.4) is 0 Å². The Balaban J connectivity index is 1.62. The maximum Gasteiger partial charge on any atom is 0.255 e. The topological polar surface area (TPSA) is 58.6 Å². The molecule has 0 saturated heterocycles. The number of benzene rings is 2. The van der Waals surface area contributed by atoms with E-state index in [9.17, 15) is 9.59 Å². The molecule has 1 aliphatic heterocycles. The minimum absolute atomic E-state index is 0.0422. The zero-order valence-corrected chi connectivity index (χ0v) is 19.2. The van der Waals surface area contributed by atoms with Crippen LogP contribution in [0.1, 0.15) is 73.4 Å². The summed E-state index contributed by atoms with van der Waals surface area (Å²) in [6.45, 7) is 2.30. The molecule has 2 amide bonds. The fourth-order valence-electron chi connectivity index (χ4n) is 5.02. The second-order valence-corrected chi connectivity index (χ2v) is 9.36. The van der Waals surface area contributed by atoms with Gasteiger partial charge < -0.3 is 15.0 Å². The van der Waals surface area contributed by atoms with Crippen LogP contribution in [-0.4, -0.2) is 35.4 Å². The molecule has 1 aliphatic carbocycles. The minimum Gasteiger partial charge on any atom is -0.497 e. The van der Waals surface area contributed by atoms with Crippen LogP contribution in [0.5, 0.6) is 5.75 Å². The minimum atomic E-state index is -0.937. The van der Waals surface area contributed by atoms with Crippen LogP contribution in [0.25, 0.3) is 0 Å². The molecule has 2 aliphatic rings. The van der Waals surface area contributed by atoms with E-state index in [4.69, 9.17) is 4.74 Å². The second kappa shape index (κ2) is 9.76. The van der Waals surface area contributed by atoms with E-state index >= 15 is 0 Å². The van der Waals surface area contributed by atoms with Crippen LogP contribution >= 0.6 is 0 Å². The summed E-state index contributed by atoms with van der Waals surface area (Å²) < 4.78 is 5.26. The number of carbonyl (C=O) groups is 2. The maximum atomic E-state index is 13.7. The summed E-state index contributed by atoms with van der Waals surface area (Å²) in [5.74, 6) is 0.645. The van der Waals surface area contributed by atoms with Crippen molar-refractivity contribution in [1.82, 2.24) is 10.2 Å². The number of hydrogen-bond donors (Lipinski definition) is 1. The van der Waals surface area contributed by atoms with Crippen LogP contribution in [0.2, 0.25) is 0 Å². The summed E-state index contributed by atoms with van der Waals surface area (Å²) in [5, 5.41) is 3.33. The number of ether oxygens (including phenoxy) is 1. The van der Waals surface area contributed by atoms with Crippen LogP contribution in [0.4, 0.5) is 0 Å². The third-order valence-electron chi connectivity index (χ3n) is 7.05. The standard InChI is InChI=1S/C27H34N2O3/c1-27(26(31)28-22-11-6-4-3-5-7-12-22)18-21-10-8-9-13-24(21)25(30)29(27)19-20-14-16-23(32-2)17-15-20/h8-10,13-17,22H,3-7,11-12,18-19H2,1-2H3,(H,28,31). The van der Waals surface area contributed by atoms with Gasteiger partial charge in [0.2, 0.25) is 5.91 Å². The van der Waals surface area contributed by atoms with Gasteiger partial charge >= 0.3 is 0 Å². The lowest BCUT2D eigenvalue weighted by atomic mass is 9.82. The van der Waals surface area contributed by atoms with E-state index in [2.05, 4.69) is 5.32 Å². The third-order valence-corrected chi connectivity index (χ3v) is 7.05. The quantitative estimate of drug-likeness (QED) is 0.730. The van der Waals surface area contributed by atoms with Crippen molar-refractivity contribution in [2.24, 2.45) is 0 Å². The Labute approximate surface area is 191 Å². The van der Waals surface area contributed by atoms with Gasteiger partial charge in [-0.2, -0.15) is 0 Å². The molecule has 0 radical (unpaired) electrons. The second-order valence-electron chi connectivity index (χ2n) is 9.36. The summed E-state index contributed by atoms with van der Waals surface area (Å²) >= 11 is 0. The first kappa shape index (κ1) is 22.4. The van der Waals surface area contributed by atoms with E-state index in [-0.39, 0.29) is 17.9 Å². The van der Waals surface area contributed by atoms with Gasteiger partial charge in [-0.1, -0.05) is 62.4 Å². The number of amides is 2. The fourth-order valence-corrected chi connectivity index (χ4v) is 5.02. The molecule has 170 valence electrons. The van der Waals surface area contributed by atoms with Crippen molar-refractivity contribution in [1.29, 1.82) is 0 Å². The molecule has 4 rings (SSSR count). The predicted octanol–water partition coefficient (Wildman–Crippen LogP) is 4.88. The van der Waals surface area contributed by atoms with Crippen LogP contribution in [0, 0.1) is 0 Å². The normalized spacial score (nSPS) is 21.9. The number of methoxy groups -OCH3 is 1. The number of nitrogens with zero attached hydrogens (tertiary/aromatic N) is 1. The third kappa shape index (κ3) is 4.67. The lowest BCUT2D eigenvalue weighted by Crippen LogP contribution is -2.63. The molecule has 0 spiro atoms.